The molecule has 2 N–H and O–H groups in total. The lowest BCUT2D eigenvalue weighted by Gasteiger charge is -2.17. The molecule has 2 aromatic rings. The first-order chi connectivity index (χ1) is 12.4. The maximum absolute atomic E-state index is 12.3. The van der Waals surface area contributed by atoms with E-state index in [1.165, 1.54) is 11.3 Å². The van der Waals surface area contributed by atoms with Gasteiger partial charge >= 0.3 is 5.97 Å². The molecule has 1 aromatic carbocycles. The van der Waals surface area contributed by atoms with Crippen LogP contribution in [0.5, 0.6) is 5.75 Å². The number of nitrogens with one attached hydrogen (secondary N) is 1. The topological polar surface area (TPSA) is 75.6 Å². The number of carbonyl (C=O) groups is 2. The van der Waals surface area contributed by atoms with Gasteiger partial charge in [-0.1, -0.05) is 19.1 Å². The summed E-state index contributed by atoms with van der Waals surface area (Å²) in [7, 11) is 0. The Balaban J connectivity index is 1.73. The highest BCUT2D eigenvalue weighted by Gasteiger charge is 2.28. The van der Waals surface area contributed by atoms with E-state index in [0.29, 0.717) is 16.7 Å². The number of carboxylic acids is 1. The summed E-state index contributed by atoms with van der Waals surface area (Å²) in [5.41, 5.74) is 3.21. The van der Waals surface area contributed by atoms with Gasteiger partial charge in [0, 0.05) is 4.88 Å². The Kier molecular flexibility index (Phi) is 5.32. The van der Waals surface area contributed by atoms with Gasteiger partial charge in [-0.15, -0.1) is 11.3 Å². The molecule has 0 bridgehead atoms. The average molecular weight is 373 g/mol. The largest absolute Gasteiger partial charge is 0.483 e. The third-order valence-corrected chi connectivity index (χ3v) is 6.06. The number of carbonyl (C=O) groups excluding carboxylic acids is 1. The molecule has 0 fully saturated rings. The van der Waals surface area contributed by atoms with Crippen LogP contribution in [0.2, 0.25) is 0 Å². The van der Waals surface area contributed by atoms with Gasteiger partial charge in [-0.25, -0.2) is 4.79 Å². The van der Waals surface area contributed by atoms with Crippen LogP contribution in [0, 0.1) is 19.8 Å². The van der Waals surface area contributed by atoms with Gasteiger partial charge in [0.15, 0.2) is 6.61 Å². The number of fused-ring (bicyclic) bond motifs is 1. The molecule has 1 aliphatic carbocycles. The van der Waals surface area contributed by atoms with E-state index in [2.05, 4.69) is 12.2 Å². The van der Waals surface area contributed by atoms with E-state index >= 15 is 0 Å². The number of amides is 1. The fourth-order valence-corrected chi connectivity index (χ4v) is 4.67. The number of aryl methyl sites for hydroxylation is 1. The molecule has 0 radical (unpaired) electrons. The number of ether oxygens (including phenoxy) is 1. The summed E-state index contributed by atoms with van der Waals surface area (Å²) in [6.45, 7) is 5.94. The van der Waals surface area contributed by atoms with Crippen molar-refractivity contribution in [3.63, 3.8) is 0 Å². The third-order valence-electron chi connectivity index (χ3n) is 4.89. The smallest absolute Gasteiger partial charge is 0.339 e. The highest BCUT2D eigenvalue weighted by Crippen LogP contribution is 2.39. The lowest BCUT2D eigenvalue weighted by atomic mass is 9.88. The van der Waals surface area contributed by atoms with Crippen molar-refractivity contribution in [3.8, 4) is 5.75 Å². The summed E-state index contributed by atoms with van der Waals surface area (Å²) in [6, 6.07) is 5.69. The molecule has 138 valence electrons. The van der Waals surface area contributed by atoms with Crippen LogP contribution in [-0.4, -0.2) is 23.6 Å². The van der Waals surface area contributed by atoms with Gasteiger partial charge in [-0.2, -0.15) is 0 Å². The second kappa shape index (κ2) is 7.50. The van der Waals surface area contributed by atoms with Crippen molar-refractivity contribution in [1.29, 1.82) is 0 Å². The van der Waals surface area contributed by atoms with E-state index in [1.54, 1.807) is 0 Å². The fourth-order valence-electron chi connectivity index (χ4n) is 3.25. The minimum absolute atomic E-state index is 0.150. The van der Waals surface area contributed by atoms with Crippen LogP contribution in [0.4, 0.5) is 5.00 Å². The summed E-state index contributed by atoms with van der Waals surface area (Å²) < 4.78 is 5.62. The first kappa shape index (κ1) is 18.5. The Labute approximate surface area is 157 Å². The van der Waals surface area contributed by atoms with Crippen molar-refractivity contribution in [2.45, 2.75) is 40.0 Å². The number of aromatic carboxylic acids is 1. The Morgan fingerprint density at radius 1 is 1.35 bits per heavy atom. The summed E-state index contributed by atoms with van der Waals surface area (Å²) in [5, 5.41) is 12.8. The van der Waals surface area contributed by atoms with Crippen LogP contribution in [0.25, 0.3) is 0 Å². The molecule has 1 unspecified atom stereocenters. The molecule has 6 heteroatoms. The number of rotatable bonds is 5. The summed E-state index contributed by atoms with van der Waals surface area (Å²) in [5.74, 6) is -0.125. The molecule has 1 aromatic heterocycles. The minimum atomic E-state index is -0.984. The SMILES string of the molecule is Cc1cccc(OCC(=O)Nc2sc3c(c2C(=O)O)CCC(C)C3)c1C. The number of benzene rings is 1. The molecule has 1 atom stereocenters. The lowest BCUT2D eigenvalue weighted by Crippen LogP contribution is -2.21. The maximum atomic E-state index is 12.3. The van der Waals surface area contributed by atoms with E-state index in [0.717, 1.165) is 40.8 Å². The predicted octanol–water partition coefficient (Wildman–Crippen LogP) is 4.21. The van der Waals surface area contributed by atoms with Crippen LogP contribution in [-0.2, 0) is 17.6 Å². The Morgan fingerprint density at radius 3 is 2.85 bits per heavy atom. The maximum Gasteiger partial charge on any atom is 0.339 e. The van der Waals surface area contributed by atoms with Crippen LogP contribution in [0.3, 0.4) is 0 Å². The van der Waals surface area contributed by atoms with Gasteiger partial charge in [0.25, 0.3) is 5.91 Å². The number of thiophene rings is 1. The zero-order chi connectivity index (χ0) is 18.8. The van der Waals surface area contributed by atoms with Crippen LogP contribution in [0.1, 0.15) is 45.3 Å². The molecule has 26 heavy (non-hydrogen) atoms. The number of anilines is 1. The van der Waals surface area contributed by atoms with Crippen molar-refractivity contribution < 1.29 is 19.4 Å². The lowest BCUT2D eigenvalue weighted by molar-refractivity contribution is -0.118. The molecule has 0 saturated heterocycles. The molecular weight excluding hydrogens is 350 g/mol. The predicted molar refractivity (Wildman–Crippen MR) is 103 cm³/mol. The average Bonchev–Trinajstić information content (AvgIpc) is 2.93. The van der Waals surface area contributed by atoms with Gasteiger partial charge in [0.05, 0.1) is 5.56 Å². The van der Waals surface area contributed by atoms with E-state index < -0.39 is 5.97 Å². The zero-order valence-electron chi connectivity index (χ0n) is 15.2. The molecule has 3 rings (SSSR count). The van der Waals surface area contributed by atoms with Crippen molar-refractivity contribution >= 4 is 28.2 Å². The van der Waals surface area contributed by atoms with Crippen molar-refractivity contribution in [3.05, 3.63) is 45.3 Å². The number of carboxylic acid groups (broad SMARTS) is 1. The van der Waals surface area contributed by atoms with E-state index in [1.807, 2.05) is 32.0 Å². The zero-order valence-corrected chi connectivity index (χ0v) is 16.0. The standard InChI is InChI=1S/C20H23NO4S/c1-11-7-8-14-16(9-11)26-19(18(14)20(23)24)21-17(22)10-25-15-6-4-5-12(2)13(15)3/h4-6,11H,7-10H2,1-3H3,(H,21,22)(H,23,24). The van der Waals surface area contributed by atoms with Crippen LogP contribution < -0.4 is 10.1 Å². The van der Waals surface area contributed by atoms with E-state index in [4.69, 9.17) is 4.74 Å². The Bertz CT molecular complexity index is 856. The second-order valence-electron chi connectivity index (χ2n) is 6.90. The third kappa shape index (κ3) is 3.75. The monoisotopic (exact) mass is 373 g/mol. The number of hydrogen-bond acceptors (Lipinski definition) is 4. The summed E-state index contributed by atoms with van der Waals surface area (Å²) in [4.78, 5) is 25.1. The molecule has 1 amide bonds. The molecule has 0 spiro atoms. The fraction of sp³-hybridized carbons (Fsp3) is 0.400. The molecule has 0 saturated carbocycles. The first-order valence-corrected chi connectivity index (χ1v) is 9.55. The van der Waals surface area contributed by atoms with Crippen molar-refractivity contribution in [1.82, 2.24) is 0 Å². The molecule has 5 nitrogen and oxygen atoms in total. The Morgan fingerprint density at radius 2 is 2.12 bits per heavy atom. The van der Waals surface area contributed by atoms with Gasteiger partial charge in [-0.3, -0.25) is 4.79 Å². The summed E-state index contributed by atoms with van der Waals surface area (Å²) in [6.07, 6.45) is 2.60. The highest BCUT2D eigenvalue weighted by molar-refractivity contribution is 7.17. The van der Waals surface area contributed by atoms with Crippen LogP contribution in [0.15, 0.2) is 18.2 Å². The van der Waals surface area contributed by atoms with Gasteiger partial charge in [0.1, 0.15) is 10.8 Å². The highest BCUT2D eigenvalue weighted by atomic mass is 32.1. The minimum Gasteiger partial charge on any atom is -0.483 e. The van der Waals surface area contributed by atoms with E-state index in [9.17, 15) is 14.7 Å². The van der Waals surface area contributed by atoms with Gasteiger partial charge in [0.2, 0.25) is 0 Å². The van der Waals surface area contributed by atoms with Gasteiger partial charge < -0.3 is 15.2 Å². The molecule has 1 aliphatic rings. The second-order valence-corrected chi connectivity index (χ2v) is 8.00. The van der Waals surface area contributed by atoms with Crippen molar-refractivity contribution in [2.75, 3.05) is 11.9 Å². The number of hydrogen-bond donors (Lipinski definition) is 2. The van der Waals surface area contributed by atoms with Crippen molar-refractivity contribution in [2.24, 2.45) is 5.92 Å². The van der Waals surface area contributed by atoms with Gasteiger partial charge in [-0.05, 0) is 61.8 Å². The van der Waals surface area contributed by atoms with E-state index in [-0.39, 0.29) is 18.1 Å². The quantitative estimate of drug-likeness (QED) is 0.823. The summed E-state index contributed by atoms with van der Waals surface area (Å²) >= 11 is 1.38. The normalized spacial score (nSPS) is 16.0. The van der Waals surface area contributed by atoms with Crippen LogP contribution >= 0.6 is 11.3 Å². The first-order valence-electron chi connectivity index (χ1n) is 8.73. The Hall–Kier alpha value is -2.34. The molecule has 1 heterocycles. The molecular formula is C20H23NO4S. The molecule has 0 aliphatic heterocycles.